The molecule has 5 nitrogen and oxygen atoms in total. The second-order valence-corrected chi connectivity index (χ2v) is 4.66. The van der Waals surface area contributed by atoms with Gasteiger partial charge in [-0.25, -0.2) is 4.98 Å². The Morgan fingerprint density at radius 1 is 1.17 bits per heavy atom. The van der Waals surface area contributed by atoms with E-state index in [2.05, 4.69) is 15.2 Å². The standard InChI is InChI=1S/C12H10N4OS/c17-8-9-4-5-11(13-7-9)18-12-15-14-10-3-1-2-6-16(10)12/h1-7,17H,8H2. The Morgan fingerprint density at radius 3 is 2.89 bits per heavy atom. The second-order valence-electron chi connectivity index (χ2n) is 3.68. The van der Waals surface area contributed by atoms with Crippen molar-refractivity contribution in [2.24, 2.45) is 0 Å². The zero-order valence-electron chi connectivity index (χ0n) is 9.39. The molecule has 0 aliphatic carbocycles. The fourth-order valence-corrected chi connectivity index (χ4v) is 2.31. The highest BCUT2D eigenvalue weighted by Gasteiger charge is 2.07. The first-order chi connectivity index (χ1) is 8.86. The largest absolute Gasteiger partial charge is 0.392 e. The molecule has 3 rings (SSSR count). The highest BCUT2D eigenvalue weighted by Crippen LogP contribution is 2.24. The van der Waals surface area contributed by atoms with E-state index < -0.39 is 0 Å². The van der Waals surface area contributed by atoms with Gasteiger partial charge in [-0.1, -0.05) is 12.1 Å². The summed E-state index contributed by atoms with van der Waals surface area (Å²) in [6.07, 6.45) is 3.57. The molecule has 0 unspecified atom stereocenters. The topological polar surface area (TPSA) is 63.3 Å². The zero-order chi connectivity index (χ0) is 12.4. The van der Waals surface area contributed by atoms with Crippen LogP contribution in [0.25, 0.3) is 5.65 Å². The Bertz CT molecular complexity index is 665. The van der Waals surface area contributed by atoms with Gasteiger partial charge in [0.25, 0.3) is 0 Å². The SMILES string of the molecule is OCc1ccc(Sc2nnc3ccccn23)nc1. The van der Waals surface area contributed by atoms with Crippen molar-refractivity contribution in [2.45, 2.75) is 16.8 Å². The lowest BCUT2D eigenvalue weighted by Gasteiger charge is -2.00. The number of nitrogens with zero attached hydrogens (tertiary/aromatic N) is 4. The Balaban J connectivity index is 1.91. The number of pyridine rings is 2. The predicted molar refractivity (Wildman–Crippen MR) is 67.3 cm³/mol. The lowest BCUT2D eigenvalue weighted by Crippen LogP contribution is -1.89. The molecule has 3 heterocycles. The van der Waals surface area contributed by atoms with E-state index in [0.29, 0.717) is 0 Å². The van der Waals surface area contributed by atoms with Crippen LogP contribution in [0.3, 0.4) is 0 Å². The van der Waals surface area contributed by atoms with Crippen molar-refractivity contribution in [3.63, 3.8) is 0 Å². The summed E-state index contributed by atoms with van der Waals surface area (Å²) >= 11 is 1.44. The molecule has 0 amide bonds. The van der Waals surface area contributed by atoms with Crippen LogP contribution in [0.15, 0.2) is 52.9 Å². The molecule has 3 aromatic rings. The number of aliphatic hydroxyl groups is 1. The van der Waals surface area contributed by atoms with E-state index >= 15 is 0 Å². The maximum atomic E-state index is 8.95. The Morgan fingerprint density at radius 2 is 2.11 bits per heavy atom. The van der Waals surface area contributed by atoms with Gasteiger partial charge < -0.3 is 5.11 Å². The van der Waals surface area contributed by atoms with E-state index in [-0.39, 0.29) is 6.61 Å². The summed E-state index contributed by atoms with van der Waals surface area (Å²) in [7, 11) is 0. The van der Waals surface area contributed by atoms with Crippen LogP contribution in [0.2, 0.25) is 0 Å². The van der Waals surface area contributed by atoms with Gasteiger partial charge in [-0.2, -0.15) is 0 Å². The summed E-state index contributed by atoms with van der Waals surface area (Å²) in [5.41, 5.74) is 1.61. The maximum absolute atomic E-state index is 8.95. The maximum Gasteiger partial charge on any atom is 0.201 e. The van der Waals surface area contributed by atoms with Crippen LogP contribution < -0.4 is 0 Å². The Hall–Kier alpha value is -1.92. The third-order valence-electron chi connectivity index (χ3n) is 2.46. The fraction of sp³-hybridized carbons (Fsp3) is 0.0833. The summed E-state index contributed by atoms with van der Waals surface area (Å²) in [5, 5.41) is 18.7. The van der Waals surface area contributed by atoms with Crippen LogP contribution in [-0.4, -0.2) is 24.7 Å². The first-order valence-electron chi connectivity index (χ1n) is 5.40. The van der Waals surface area contributed by atoms with E-state index in [4.69, 9.17) is 5.11 Å². The number of hydrogen-bond acceptors (Lipinski definition) is 5. The molecule has 0 fully saturated rings. The third kappa shape index (κ3) is 2.07. The summed E-state index contributed by atoms with van der Waals surface area (Å²) in [5.74, 6) is 0. The Kier molecular flexibility index (Phi) is 2.95. The molecule has 90 valence electrons. The number of aromatic nitrogens is 4. The monoisotopic (exact) mass is 258 g/mol. The second kappa shape index (κ2) is 4.75. The van der Waals surface area contributed by atoms with E-state index in [1.807, 2.05) is 40.9 Å². The van der Waals surface area contributed by atoms with Gasteiger partial charge in [-0.3, -0.25) is 4.40 Å². The first kappa shape index (κ1) is 11.2. The van der Waals surface area contributed by atoms with Crippen LogP contribution in [0.1, 0.15) is 5.56 Å². The van der Waals surface area contributed by atoms with Crippen molar-refractivity contribution in [3.05, 3.63) is 48.3 Å². The molecule has 0 atom stereocenters. The van der Waals surface area contributed by atoms with E-state index in [1.165, 1.54) is 11.8 Å². The van der Waals surface area contributed by atoms with Gasteiger partial charge in [0.05, 0.1) is 6.61 Å². The third-order valence-corrected chi connectivity index (χ3v) is 3.37. The van der Waals surface area contributed by atoms with Gasteiger partial charge in [0.1, 0.15) is 5.03 Å². The van der Waals surface area contributed by atoms with Crippen molar-refractivity contribution in [2.75, 3.05) is 0 Å². The average Bonchev–Trinajstić information content (AvgIpc) is 2.83. The number of aliphatic hydroxyl groups excluding tert-OH is 1. The minimum Gasteiger partial charge on any atom is -0.392 e. The van der Waals surface area contributed by atoms with Crippen LogP contribution in [-0.2, 0) is 6.61 Å². The molecule has 0 bridgehead atoms. The van der Waals surface area contributed by atoms with Crippen LogP contribution in [0.4, 0.5) is 0 Å². The van der Waals surface area contributed by atoms with Gasteiger partial charge >= 0.3 is 0 Å². The molecule has 0 aromatic carbocycles. The predicted octanol–water partition coefficient (Wildman–Crippen LogP) is 1.77. The summed E-state index contributed by atoms with van der Waals surface area (Å²) in [6, 6.07) is 9.47. The fourth-order valence-electron chi connectivity index (χ4n) is 1.55. The van der Waals surface area contributed by atoms with Crippen molar-refractivity contribution in [3.8, 4) is 0 Å². The van der Waals surface area contributed by atoms with Crippen molar-refractivity contribution >= 4 is 17.4 Å². The van der Waals surface area contributed by atoms with Crippen molar-refractivity contribution in [1.82, 2.24) is 19.6 Å². The average molecular weight is 258 g/mol. The van der Waals surface area contributed by atoms with Gasteiger partial charge in [-0.05, 0) is 35.5 Å². The minimum absolute atomic E-state index is 0.00576. The first-order valence-corrected chi connectivity index (χ1v) is 6.22. The number of fused-ring (bicyclic) bond motifs is 1. The van der Waals surface area contributed by atoms with Crippen LogP contribution in [0, 0.1) is 0 Å². The van der Waals surface area contributed by atoms with Gasteiger partial charge in [-0.15, -0.1) is 10.2 Å². The summed E-state index contributed by atoms with van der Waals surface area (Å²) in [6.45, 7) is 0.00576. The van der Waals surface area contributed by atoms with Crippen LogP contribution >= 0.6 is 11.8 Å². The molecule has 0 saturated heterocycles. The molecular formula is C12H10N4OS. The summed E-state index contributed by atoms with van der Waals surface area (Å²) in [4.78, 5) is 4.25. The highest BCUT2D eigenvalue weighted by molar-refractivity contribution is 7.99. The number of rotatable bonds is 3. The van der Waals surface area contributed by atoms with Crippen molar-refractivity contribution in [1.29, 1.82) is 0 Å². The van der Waals surface area contributed by atoms with Gasteiger partial charge in [0, 0.05) is 12.4 Å². The van der Waals surface area contributed by atoms with Crippen LogP contribution in [0.5, 0.6) is 0 Å². The summed E-state index contributed by atoms with van der Waals surface area (Å²) < 4.78 is 1.91. The molecule has 0 aliphatic heterocycles. The van der Waals surface area contributed by atoms with E-state index in [0.717, 1.165) is 21.4 Å². The number of hydrogen-bond donors (Lipinski definition) is 1. The smallest absolute Gasteiger partial charge is 0.201 e. The lowest BCUT2D eigenvalue weighted by atomic mass is 10.3. The van der Waals surface area contributed by atoms with Gasteiger partial charge in [0.2, 0.25) is 5.16 Å². The zero-order valence-corrected chi connectivity index (χ0v) is 10.2. The molecule has 0 saturated carbocycles. The molecular weight excluding hydrogens is 248 g/mol. The normalized spacial score (nSPS) is 10.9. The minimum atomic E-state index is 0.00576. The molecule has 6 heteroatoms. The highest BCUT2D eigenvalue weighted by atomic mass is 32.2. The Labute approximate surface area is 108 Å². The van der Waals surface area contributed by atoms with E-state index in [9.17, 15) is 0 Å². The van der Waals surface area contributed by atoms with E-state index in [1.54, 1.807) is 6.20 Å². The molecule has 0 aliphatic rings. The molecule has 18 heavy (non-hydrogen) atoms. The lowest BCUT2D eigenvalue weighted by molar-refractivity contribution is 0.281. The molecule has 3 aromatic heterocycles. The molecule has 0 spiro atoms. The molecule has 0 radical (unpaired) electrons. The quantitative estimate of drug-likeness (QED) is 0.775. The molecule has 1 N–H and O–H groups in total. The van der Waals surface area contributed by atoms with Crippen molar-refractivity contribution < 1.29 is 5.11 Å². The van der Waals surface area contributed by atoms with Gasteiger partial charge in [0.15, 0.2) is 5.65 Å².